The number of amides is 1. The van der Waals surface area contributed by atoms with Crippen LogP contribution in [0.5, 0.6) is 0 Å². The summed E-state index contributed by atoms with van der Waals surface area (Å²) in [4.78, 5) is 16.4. The molecule has 1 aromatic carbocycles. The maximum absolute atomic E-state index is 13.0. The predicted octanol–water partition coefficient (Wildman–Crippen LogP) is 3.54. The van der Waals surface area contributed by atoms with E-state index >= 15 is 0 Å². The molecule has 2 aromatic heterocycles. The van der Waals surface area contributed by atoms with Gasteiger partial charge in [-0.15, -0.1) is 11.3 Å². The number of benzene rings is 1. The van der Waals surface area contributed by atoms with E-state index in [-0.39, 0.29) is 11.7 Å². The van der Waals surface area contributed by atoms with Gasteiger partial charge in [0, 0.05) is 42.8 Å². The van der Waals surface area contributed by atoms with E-state index in [4.69, 9.17) is 4.52 Å². The van der Waals surface area contributed by atoms with E-state index in [0.29, 0.717) is 25.8 Å². The predicted molar refractivity (Wildman–Crippen MR) is 93.8 cm³/mol. The summed E-state index contributed by atoms with van der Waals surface area (Å²) in [6.07, 6.45) is 1.62. The SMILES string of the molecule is Cc1cc(CCNC(=O)CCc2nc(-c3ccc(F)cc3)cs2)no1. The molecule has 1 N–H and O–H groups in total. The first-order chi connectivity index (χ1) is 12.1. The lowest BCUT2D eigenvalue weighted by Gasteiger charge is -2.02. The third-order valence-corrected chi connectivity index (χ3v) is 4.55. The summed E-state index contributed by atoms with van der Waals surface area (Å²) in [5.74, 6) is 0.484. The fraction of sp³-hybridized carbons (Fsp3) is 0.278. The van der Waals surface area contributed by atoms with Crippen LogP contribution in [0.25, 0.3) is 11.3 Å². The number of aromatic nitrogens is 2. The van der Waals surface area contributed by atoms with E-state index in [2.05, 4.69) is 15.5 Å². The summed E-state index contributed by atoms with van der Waals surface area (Å²) >= 11 is 1.51. The Bertz CT molecular complexity index is 842. The summed E-state index contributed by atoms with van der Waals surface area (Å²) in [5, 5.41) is 9.57. The quantitative estimate of drug-likeness (QED) is 0.701. The smallest absolute Gasteiger partial charge is 0.220 e. The Balaban J connectivity index is 1.43. The zero-order valence-corrected chi connectivity index (χ0v) is 14.6. The topological polar surface area (TPSA) is 68.0 Å². The second-order valence-corrected chi connectivity index (χ2v) is 6.60. The average Bonchev–Trinajstić information content (AvgIpc) is 3.23. The van der Waals surface area contributed by atoms with E-state index < -0.39 is 0 Å². The third-order valence-electron chi connectivity index (χ3n) is 3.64. The van der Waals surface area contributed by atoms with Gasteiger partial charge in [0.15, 0.2) is 0 Å². The van der Waals surface area contributed by atoms with Crippen molar-refractivity contribution in [2.24, 2.45) is 0 Å². The maximum Gasteiger partial charge on any atom is 0.220 e. The zero-order chi connectivity index (χ0) is 17.6. The first-order valence-electron chi connectivity index (χ1n) is 7.99. The Kier molecular flexibility index (Phi) is 5.55. The van der Waals surface area contributed by atoms with Gasteiger partial charge in [0.1, 0.15) is 11.6 Å². The van der Waals surface area contributed by atoms with Gasteiger partial charge in [0.25, 0.3) is 0 Å². The van der Waals surface area contributed by atoms with Crippen molar-refractivity contribution in [2.45, 2.75) is 26.2 Å². The summed E-state index contributed by atoms with van der Waals surface area (Å²) in [5.41, 5.74) is 2.51. The van der Waals surface area contributed by atoms with E-state index in [0.717, 1.165) is 27.7 Å². The highest BCUT2D eigenvalue weighted by atomic mass is 32.1. The lowest BCUT2D eigenvalue weighted by molar-refractivity contribution is -0.121. The van der Waals surface area contributed by atoms with Crippen molar-refractivity contribution in [2.75, 3.05) is 6.54 Å². The van der Waals surface area contributed by atoms with Crippen molar-refractivity contribution in [1.29, 1.82) is 0 Å². The Morgan fingerprint density at radius 3 is 2.80 bits per heavy atom. The number of thiazole rings is 1. The zero-order valence-electron chi connectivity index (χ0n) is 13.8. The van der Waals surface area contributed by atoms with Crippen molar-refractivity contribution < 1.29 is 13.7 Å². The molecule has 0 aliphatic rings. The number of hydrogen-bond acceptors (Lipinski definition) is 5. The molecular formula is C18H18FN3O2S. The molecular weight excluding hydrogens is 341 g/mol. The van der Waals surface area contributed by atoms with Crippen LogP contribution in [0.1, 0.15) is 22.9 Å². The first-order valence-corrected chi connectivity index (χ1v) is 8.87. The molecule has 0 spiro atoms. The van der Waals surface area contributed by atoms with Crippen molar-refractivity contribution >= 4 is 17.2 Å². The molecule has 0 aliphatic heterocycles. The van der Waals surface area contributed by atoms with Gasteiger partial charge in [-0.1, -0.05) is 5.16 Å². The van der Waals surface area contributed by atoms with E-state index in [1.807, 2.05) is 18.4 Å². The molecule has 0 fully saturated rings. The van der Waals surface area contributed by atoms with Crippen LogP contribution in [0.2, 0.25) is 0 Å². The van der Waals surface area contributed by atoms with Gasteiger partial charge in [-0.05, 0) is 31.2 Å². The third kappa shape index (κ3) is 4.96. The molecule has 0 radical (unpaired) electrons. The van der Waals surface area contributed by atoms with Crippen LogP contribution in [0.15, 0.2) is 40.2 Å². The van der Waals surface area contributed by atoms with Crippen LogP contribution in [0.4, 0.5) is 4.39 Å². The Morgan fingerprint density at radius 2 is 2.08 bits per heavy atom. The average molecular weight is 359 g/mol. The second kappa shape index (κ2) is 8.02. The molecule has 0 atom stereocenters. The summed E-state index contributed by atoms with van der Waals surface area (Å²) in [7, 11) is 0. The standard InChI is InChI=1S/C18H18FN3O2S/c1-12-10-15(22-24-12)8-9-20-17(23)6-7-18-21-16(11-25-18)13-2-4-14(19)5-3-13/h2-5,10-11H,6-9H2,1H3,(H,20,23). The number of nitrogens with zero attached hydrogens (tertiary/aromatic N) is 2. The highest BCUT2D eigenvalue weighted by Crippen LogP contribution is 2.22. The fourth-order valence-corrected chi connectivity index (χ4v) is 3.16. The molecule has 25 heavy (non-hydrogen) atoms. The number of halogens is 1. The fourth-order valence-electron chi connectivity index (χ4n) is 2.35. The number of hydrogen-bond donors (Lipinski definition) is 1. The van der Waals surface area contributed by atoms with Gasteiger partial charge in [-0.25, -0.2) is 9.37 Å². The number of nitrogens with one attached hydrogen (secondary N) is 1. The number of carbonyl (C=O) groups excluding carboxylic acids is 1. The van der Waals surface area contributed by atoms with Gasteiger partial charge in [0.2, 0.25) is 5.91 Å². The summed E-state index contributed by atoms with van der Waals surface area (Å²) in [6, 6.07) is 8.09. The van der Waals surface area contributed by atoms with Crippen LogP contribution >= 0.6 is 11.3 Å². The van der Waals surface area contributed by atoms with Gasteiger partial charge in [-0.3, -0.25) is 4.79 Å². The largest absolute Gasteiger partial charge is 0.361 e. The van der Waals surface area contributed by atoms with Gasteiger partial charge in [-0.2, -0.15) is 0 Å². The van der Waals surface area contributed by atoms with E-state index in [1.54, 1.807) is 12.1 Å². The van der Waals surface area contributed by atoms with E-state index in [1.165, 1.54) is 23.5 Å². The second-order valence-electron chi connectivity index (χ2n) is 5.66. The maximum atomic E-state index is 13.0. The molecule has 5 nitrogen and oxygen atoms in total. The number of rotatable bonds is 7. The van der Waals surface area contributed by atoms with E-state index in [9.17, 15) is 9.18 Å². The Labute approximate surface area is 148 Å². The molecule has 3 aromatic rings. The summed E-state index contributed by atoms with van der Waals surface area (Å²) < 4.78 is 17.9. The van der Waals surface area contributed by atoms with Crippen LogP contribution in [-0.4, -0.2) is 22.6 Å². The molecule has 2 heterocycles. The molecule has 0 saturated heterocycles. The Morgan fingerprint density at radius 1 is 1.28 bits per heavy atom. The van der Waals surface area contributed by atoms with Gasteiger partial charge in [0.05, 0.1) is 16.4 Å². The van der Waals surface area contributed by atoms with Crippen molar-refractivity contribution in [1.82, 2.24) is 15.5 Å². The minimum Gasteiger partial charge on any atom is -0.361 e. The first kappa shape index (κ1) is 17.3. The molecule has 0 saturated carbocycles. The molecule has 1 amide bonds. The molecule has 3 rings (SSSR count). The molecule has 0 unspecified atom stereocenters. The van der Waals surface area contributed by atoms with Crippen LogP contribution in [0.3, 0.4) is 0 Å². The minimum absolute atomic E-state index is 0.0150. The molecule has 130 valence electrons. The molecule has 7 heteroatoms. The summed E-state index contributed by atoms with van der Waals surface area (Å²) in [6.45, 7) is 2.37. The van der Waals surface area contributed by atoms with Crippen molar-refractivity contribution in [3.05, 3.63) is 58.0 Å². The number of carbonyl (C=O) groups is 1. The normalized spacial score (nSPS) is 10.8. The van der Waals surface area contributed by atoms with Crippen LogP contribution in [-0.2, 0) is 17.6 Å². The Hall–Kier alpha value is -2.54. The van der Waals surface area contributed by atoms with Gasteiger partial charge < -0.3 is 9.84 Å². The van der Waals surface area contributed by atoms with Crippen molar-refractivity contribution in [3.8, 4) is 11.3 Å². The molecule has 0 bridgehead atoms. The molecule has 0 aliphatic carbocycles. The lowest BCUT2D eigenvalue weighted by atomic mass is 10.2. The van der Waals surface area contributed by atoms with Crippen LogP contribution in [0, 0.1) is 12.7 Å². The van der Waals surface area contributed by atoms with Crippen molar-refractivity contribution in [3.63, 3.8) is 0 Å². The monoisotopic (exact) mass is 359 g/mol. The lowest BCUT2D eigenvalue weighted by Crippen LogP contribution is -2.25. The highest BCUT2D eigenvalue weighted by Gasteiger charge is 2.08. The minimum atomic E-state index is -0.267. The highest BCUT2D eigenvalue weighted by molar-refractivity contribution is 7.09. The number of aryl methyl sites for hydroxylation is 2. The van der Waals surface area contributed by atoms with Gasteiger partial charge >= 0.3 is 0 Å². The van der Waals surface area contributed by atoms with Crippen LogP contribution < -0.4 is 5.32 Å².